The largest absolute Gasteiger partial charge is 0.486 e. The van der Waals surface area contributed by atoms with Crippen molar-refractivity contribution in [2.24, 2.45) is 0 Å². The predicted octanol–water partition coefficient (Wildman–Crippen LogP) is 1.14. The average Bonchev–Trinajstić information content (AvgIpc) is 2.37. The summed E-state index contributed by atoms with van der Waals surface area (Å²) in [5.41, 5.74) is -1.58. The van der Waals surface area contributed by atoms with Gasteiger partial charge >= 0.3 is 5.97 Å². The van der Waals surface area contributed by atoms with Crippen LogP contribution in [0.1, 0.15) is 18.9 Å². The molecule has 0 radical (unpaired) electrons. The zero-order chi connectivity index (χ0) is 12.5. The van der Waals surface area contributed by atoms with Crippen molar-refractivity contribution in [2.45, 2.75) is 18.9 Å². The molecule has 1 atom stereocenters. The van der Waals surface area contributed by atoms with E-state index >= 15 is 0 Å². The monoisotopic (exact) mass is 238 g/mol. The summed E-state index contributed by atoms with van der Waals surface area (Å²) >= 11 is 0. The van der Waals surface area contributed by atoms with E-state index in [1.54, 1.807) is 19.1 Å². The first-order valence-electron chi connectivity index (χ1n) is 5.44. The molecule has 0 amide bonds. The summed E-state index contributed by atoms with van der Waals surface area (Å²) in [4.78, 5) is 11.1. The van der Waals surface area contributed by atoms with Gasteiger partial charge in [-0.25, -0.2) is 4.79 Å². The van der Waals surface area contributed by atoms with Gasteiger partial charge in [-0.2, -0.15) is 0 Å². The molecule has 2 N–H and O–H groups in total. The third-order valence-corrected chi connectivity index (χ3v) is 2.89. The molecule has 0 spiro atoms. The molecule has 0 bridgehead atoms. The highest BCUT2D eigenvalue weighted by Crippen LogP contribution is 2.35. The molecule has 5 nitrogen and oxygen atoms in total. The SMILES string of the molecule is CCC(O)(C(=O)O)c1ccc2c(c1)OCCO2. The van der Waals surface area contributed by atoms with Crippen molar-refractivity contribution in [1.29, 1.82) is 0 Å². The van der Waals surface area contributed by atoms with Gasteiger partial charge in [0.05, 0.1) is 0 Å². The van der Waals surface area contributed by atoms with Crippen LogP contribution in [0.5, 0.6) is 11.5 Å². The summed E-state index contributed by atoms with van der Waals surface area (Å²) in [5.74, 6) is -0.220. The van der Waals surface area contributed by atoms with Gasteiger partial charge in [0.25, 0.3) is 0 Å². The number of carbonyl (C=O) groups is 1. The summed E-state index contributed by atoms with van der Waals surface area (Å²) in [7, 11) is 0. The second-order valence-corrected chi connectivity index (χ2v) is 3.88. The Morgan fingerprint density at radius 2 is 2.00 bits per heavy atom. The Hall–Kier alpha value is -1.75. The molecule has 0 fully saturated rings. The van der Waals surface area contributed by atoms with Crippen molar-refractivity contribution in [3.63, 3.8) is 0 Å². The minimum atomic E-state index is -1.88. The van der Waals surface area contributed by atoms with Crippen molar-refractivity contribution < 1.29 is 24.5 Å². The zero-order valence-electron chi connectivity index (χ0n) is 9.47. The van der Waals surface area contributed by atoms with Crippen molar-refractivity contribution in [1.82, 2.24) is 0 Å². The number of aliphatic hydroxyl groups is 1. The lowest BCUT2D eigenvalue weighted by atomic mass is 9.91. The number of benzene rings is 1. The highest BCUT2D eigenvalue weighted by atomic mass is 16.6. The molecule has 0 saturated heterocycles. The first-order chi connectivity index (χ1) is 8.08. The third kappa shape index (κ3) is 1.93. The molecule has 1 unspecified atom stereocenters. The second kappa shape index (κ2) is 4.25. The number of carboxylic acid groups (broad SMARTS) is 1. The number of ether oxygens (including phenoxy) is 2. The van der Waals surface area contributed by atoms with E-state index in [2.05, 4.69) is 0 Å². The molecule has 0 saturated carbocycles. The number of fused-ring (bicyclic) bond motifs is 1. The topological polar surface area (TPSA) is 76.0 Å². The van der Waals surface area contributed by atoms with Crippen LogP contribution in [0.2, 0.25) is 0 Å². The van der Waals surface area contributed by atoms with E-state index in [-0.39, 0.29) is 6.42 Å². The Morgan fingerprint density at radius 3 is 2.59 bits per heavy atom. The van der Waals surface area contributed by atoms with E-state index in [1.165, 1.54) is 6.07 Å². The van der Waals surface area contributed by atoms with Gasteiger partial charge in [-0.1, -0.05) is 13.0 Å². The summed E-state index contributed by atoms with van der Waals surface area (Å²) < 4.78 is 10.7. The van der Waals surface area contributed by atoms with E-state index in [1.807, 2.05) is 0 Å². The van der Waals surface area contributed by atoms with Gasteiger partial charge in [0, 0.05) is 0 Å². The minimum absolute atomic E-state index is 0.0853. The maximum absolute atomic E-state index is 11.1. The van der Waals surface area contributed by atoms with E-state index in [9.17, 15) is 9.90 Å². The maximum atomic E-state index is 11.1. The quantitative estimate of drug-likeness (QED) is 0.825. The molecule has 0 aromatic heterocycles. The molecule has 0 aliphatic carbocycles. The first kappa shape index (κ1) is 11.7. The third-order valence-electron chi connectivity index (χ3n) is 2.89. The van der Waals surface area contributed by atoms with Crippen LogP contribution in [0.3, 0.4) is 0 Å². The molecule has 1 heterocycles. The Bertz CT molecular complexity index is 443. The van der Waals surface area contributed by atoms with Gasteiger partial charge in [-0.15, -0.1) is 0 Å². The predicted molar refractivity (Wildman–Crippen MR) is 59.3 cm³/mol. The van der Waals surface area contributed by atoms with Crippen LogP contribution >= 0.6 is 0 Å². The molecule has 5 heteroatoms. The lowest BCUT2D eigenvalue weighted by Crippen LogP contribution is -2.34. The van der Waals surface area contributed by atoms with Crippen LogP contribution in [0, 0.1) is 0 Å². The van der Waals surface area contributed by atoms with Crippen molar-refractivity contribution in [3.05, 3.63) is 23.8 Å². The molecule has 2 rings (SSSR count). The number of carboxylic acids is 1. The fourth-order valence-corrected chi connectivity index (χ4v) is 1.78. The number of aliphatic carboxylic acids is 1. The first-order valence-corrected chi connectivity index (χ1v) is 5.44. The minimum Gasteiger partial charge on any atom is -0.486 e. The highest BCUT2D eigenvalue weighted by molar-refractivity contribution is 5.79. The summed E-state index contributed by atoms with van der Waals surface area (Å²) in [6.45, 7) is 2.52. The summed E-state index contributed by atoms with van der Waals surface area (Å²) in [6, 6.07) is 4.69. The van der Waals surface area contributed by atoms with Gasteiger partial charge in [-0.05, 0) is 24.1 Å². The van der Waals surface area contributed by atoms with Crippen molar-refractivity contribution >= 4 is 5.97 Å². The normalized spacial score (nSPS) is 17.3. The van der Waals surface area contributed by atoms with Gasteiger partial charge < -0.3 is 19.7 Å². The van der Waals surface area contributed by atoms with Crippen LogP contribution in [0.25, 0.3) is 0 Å². The summed E-state index contributed by atoms with van der Waals surface area (Å²) in [5, 5.41) is 19.1. The van der Waals surface area contributed by atoms with Gasteiger partial charge in [0.15, 0.2) is 17.1 Å². The molecule has 1 aromatic carbocycles. The van der Waals surface area contributed by atoms with Crippen molar-refractivity contribution in [3.8, 4) is 11.5 Å². The molecule has 1 aliphatic rings. The standard InChI is InChI=1S/C12H14O5/c1-2-12(15,11(13)14)8-3-4-9-10(7-8)17-6-5-16-9/h3-4,7,15H,2,5-6H2,1H3,(H,13,14). The summed E-state index contributed by atoms with van der Waals surface area (Å²) in [6.07, 6.45) is 0.0853. The Morgan fingerprint density at radius 1 is 1.35 bits per heavy atom. The van der Waals surface area contributed by atoms with Crippen LogP contribution in [0.15, 0.2) is 18.2 Å². The van der Waals surface area contributed by atoms with Crippen LogP contribution in [0.4, 0.5) is 0 Å². The van der Waals surface area contributed by atoms with Gasteiger partial charge in [0.2, 0.25) is 0 Å². The maximum Gasteiger partial charge on any atom is 0.340 e. The van der Waals surface area contributed by atoms with Gasteiger partial charge in [-0.3, -0.25) is 0 Å². The number of rotatable bonds is 3. The number of hydrogen-bond donors (Lipinski definition) is 2. The number of hydrogen-bond acceptors (Lipinski definition) is 4. The zero-order valence-corrected chi connectivity index (χ0v) is 9.47. The van der Waals surface area contributed by atoms with E-state index in [0.29, 0.717) is 30.3 Å². The van der Waals surface area contributed by atoms with Gasteiger partial charge in [0.1, 0.15) is 13.2 Å². The van der Waals surface area contributed by atoms with Crippen LogP contribution in [-0.2, 0) is 10.4 Å². The fourth-order valence-electron chi connectivity index (χ4n) is 1.78. The molecule has 92 valence electrons. The second-order valence-electron chi connectivity index (χ2n) is 3.88. The Kier molecular flexibility index (Phi) is 2.93. The molecular weight excluding hydrogens is 224 g/mol. The Labute approximate surface area is 98.6 Å². The molecule has 1 aromatic rings. The average molecular weight is 238 g/mol. The Balaban J connectivity index is 2.42. The van der Waals surface area contributed by atoms with Crippen LogP contribution in [-0.4, -0.2) is 29.4 Å². The highest BCUT2D eigenvalue weighted by Gasteiger charge is 2.36. The van der Waals surface area contributed by atoms with Crippen LogP contribution < -0.4 is 9.47 Å². The lowest BCUT2D eigenvalue weighted by molar-refractivity contribution is -0.160. The fraction of sp³-hybridized carbons (Fsp3) is 0.417. The van der Waals surface area contributed by atoms with E-state index in [4.69, 9.17) is 14.6 Å². The molecule has 17 heavy (non-hydrogen) atoms. The van der Waals surface area contributed by atoms with E-state index in [0.717, 1.165) is 0 Å². The molecular formula is C12H14O5. The lowest BCUT2D eigenvalue weighted by Gasteiger charge is -2.25. The van der Waals surface area contributed by atoms with E-state index < -0.39 is 11.6 Å². The smallest absolute Gasteiger partial charge is 0.340 e. The van der Waals surface area contributed by atoms with Crippen molar-refractivity contribution in [2.75, 3.05) is 13.2 Å². The molecule has 1 aliphatic heterocycles.